The molecule has 18 heavy (non-hydrogen) atoms. The van der Waals surface area contributed by atoms with Crippen LogP contribution in [-0.4, -0.2) is 25.3 Å². The van der Waals surface area contributed by atoms with Crippen molar-refractivity contribution in [2.24, 2.45) is 0 Å². The van der Waals surface area contributed by atoms with E-state index in [0.717, 1.165) is 12.8 Å². The third-order valence-corrected chi connectivity index (χ3v) is 3.68. The minimum absolute atomic E-state index is 0.0641. The molecule has 0 aromatic rings. The number of hydrogen-bond donors (Lipinski definition) is 0. The SMILES string of the molecule is CCCCCCCCCC(C[C@@H]1CC(=O)O1)OC. The lowest BCUT2D eigenvalue weighted by Gasteiger charge is -2.28. The van der Waals surface area contributed by atoms with Gasteiger partial charge in [-0.1, -0.05) is 51.9 Å². The molecule has 0 aromatic carbocycles. The van der Waals surface area contributed by atoms with Crippen LogP contribution in [0.2, 0.25) is 0 Å². The molecule has 0 bridgehead atoms. The highest BCUT2D eigenvalue weighted by Gasteiger charge is 2.30. The maximum absolute atomic E-state index is 10.7. The number of methoxy groups -OCH3 is 1. The Morgan fingerprint density at radius 1 is 1.22 bits per heavy atom. The van der Waals surface area contributed by atoms with Crippen molar-refractivity contribution < 1.29 is 14.3 Å². The quantitative estimate of drug-likeness (QED) is 0.416. The fourth-order valence-corrected chi connectivity index (χ4v) is 2.45. The van der Waals surface area contributed by atoms with Gasteiger partial charge in [0, 0.05) is 13.5 Å². The number of hydrogen-bond acceptors (Lipinski definition) is 3. The fraction of sp³-hybridized carbons (Fsp3) is 0.933. The van der Waals surface area contributed by atoms with Crippen LogP contribution in [0.5, 0.6) is 0 Å². The third-order valence-electron chi connectivity index (χ3n) is 3.68. The minimum atomic E-state index is -0.0641. The molecule has 0 N–H and O–H groups in total. The summed E-state index contributed by atoms with van der Waals surface area (Å²) in [6.07, 6.45) is 12.2. The van der Waals surface area contributed by atoms with E-state index in [0.29, 0.717) is 6.42 Å². The Hall–Kier alpha value is -0.570. The Balaban J connectivity index is 1.93. The second-order valence-corrected chi connectivity index (χ2v) is 5.32. The summed E-state index contributed by atoms with van der Waals surface area (Å²) in [5.74, 6) is -0.0641. The lowest BCUT2D eigenvalue weighted by molar-refractivity contribution is -0.172. The predicted octanol–water partition coefficient (Wildman–Crippen LogP) is 3.85. The van der Waals surface area contributed by atoms with Crippen molar-refractivity contribution in [1.29, 1.82) is 0 Å². The number of esters is 1. The highest BCUT2D eigenvalue weighted by molar-refractivity contribution is 5.75. The van der Waals surface area contributed by atoms with Crippen LogP contribution in [-0.2, 0) is 14.3 Å². The van der Waals surface area contributed by atoms with E-state index in [9.17, 15) is 4.79 Å². The number of carbonyl (C=O) groups is 1. The summed E-state index contributed by atoms with van der Waals surface area (Å²) >= 11 is 0. The van der Waals surface area contributed by atoms with Gasteiger partial charge in [-0.05, 0) is 6.42 Å². The van der Waals surface area contributed by atoms with Gasteiger partial charge in [0.05, 0.1) is 12.5 Å². The smallest absolute Gasteiger partial charge is 0.309 e. The van der Waals surface area contributed by atoms with Gasteiger partial charge in [-0.2, -0.15) is 0 Å². The molecule has 1 heterocycles. The van der Waals surface area contributed by atoms with Crippen molar-refractivity contribution in [3.8, 4) is 0 Å². The van der Waals surface area contributed by atoms with Crippen LogP contribution in [0.25, 0.3) is 0 Å². The zero-order valence-electron chi connectivity index (χ0n) is 12.0. The molecule has 2 atom stereocenters. The van der Waals surface area contributed by atoms with Crippen LogP contribution in [0.15, 0.2) is 0 Å². The van der Waals surface area contributed by atoms with Gasteiger partial charge < -0.3 is 9.47 Å². The number of rotatable bonds is 11. The molecular weight excluding hydrogens is 228 g/mol. The van der Waals surface area contributed by atoms with Gasteiger partial charge in [0.25, 0.3) is 0 Å². The van der Waals surface area contributed by atoms with E-state index in [-0.39, 0.29) is 18.2 Å². The number of carbonyl (C=O) groups excluding carboxylic acids is 1. The number of cyclic esters (lactones) is 1. The lowest BCUT2D eigenvalue weighted by atomic mass is 10.00. The van der Waals surface area contributed by atoms with Crippen LogP contribution < -0.4 is 0 Å². The molecule has 1 fully saturated rings. The van der Waals surface area contributed by atoms with Gasteiger partial charge in [0.2, 0.25) is 0 Å². The predicted molar refractivity (Wildman–Crippen MR) is 72.5 cm³/mol. The largest absolute Gasteiger partial charge is 0.462 e. The molecule has 0 spiro atoms. The maximum atomic E-state index is 10.7. The molecule has 0 radical (unpaired) electrons. The molecule has 3 heteroatoms. The Morgan fingerprint density at radius 3 is 2.39 bits per heavy atom. The highest BCUT2D eigenvalue weighted by atomic mass is 16.6. The zero-order chi connectivity index (χ0) is 13.2. The van der Waals surface area contributed by atoms with E-state index in [4.69, 9.17) is 9.47 Å². The van der Waals surface area contributed by atoms with E-state index < -0.39 is 0 Å². The molecule has 0 saturated carbocycles. The summed E-state index contributed by atoms with van der Waals surface area (Å²) in [7, 11) is 1.76. The van der Waals surface area contributed by atoms with E-state index in [2.05, 4.69) is 6.92 Å². The summed E-state index contributed by atoms with van der Waals surface area (Å²) in [4.78, 5) is 10.7. The second-order valence-electron chi connectivity index (χ2n) is 5.32. The molecular formula is C15H28O3. The van der Waals surface area contributed by atoms with Gasteiger partial charge in [0.1, 0.15) is 6.10 Å². The van der Waals surface area contributed by atoms with Crippen molar-refractivity contribution in [2.45, 2.75) is 83.3 Å². The van der Waals surface area contributed by atoms with Crippen LogP contribution in [0.3, 0.4) is 0 Å². The monoisotopic (exact) mass is 256 g/mol. The third kappa shape index (κ3) is 6.39. The molecule has 0 aromatic heterocycles. The minimum Gasteiger partial charge on any atom is -0.462 e. The van der Waals surface area contributed by atoms with Crippen molar-refractivity contribution in [2.75, 3.05) is 7.11 Å². The average molecular weight is 256 g/mol. The normalized spacial score (nSPS) is 20.3. The molecule has 1 aliphatic rings. The first-order chi connectivity index (χ1) is 8.76. The van der Waals surface area contributed by atoms with Crippen LogP contribution in [0.1, 0.15) is 71.1 Å². The average Bonchev–Trinajstić information content (AvgIpc) is 2.34. The van der Waals surface area contributed by atoms with Crippen LogP contribution in [0, 0.1) is 0 Å². The van der Waals surface area contributed by atoms with Crippen molar-refractivity contribution in [3.63, 3.8) is 0 Å². The molecule has 0 amide bonds. The summed E-state index contributed by atoms with van der Waals surface area (Å²) in [5.41, 5.74) is 0. The molecule has 3 nitrogen and oxygen atoms in total. The van der Waals surface area contributed by atoms with Gasteiger partial charge in [0.15, 0.2) is 0 Å². The van der Waals surface area contributed by atoms with E-state index in [1.807, 2.05) is 0 Å². The fourth-order valence-electron chi connectivity index (χ4n) is 2.45. The molecule has 1 unspecified atom stereocenters. The maximum Gasteiger partial charge on any atom is 0.309 e. The topological polar surface area (TPSA) is 35.5 Å². The molecule has 106 valence electrons. The first kappa shape index (κ1) is 15.5. The lowest BCUT2D eigenvalue weighted by Crippen LogP contribution is -2.36. The summed E-state index contributed by atoms with van der Waals surface area (Å²) in [6, 6.07) is 0. The van der Waals surface area contributed by atoms with Crippen molar-refractivity contribution >= 4 is 5.97 Å². The Kier molecular flexibility index (Phi) is 8.06. The van der Waals surface area contributed by atoms with Crippen LogP contribution in [0.4, 0.5) is 0 Å². The van der Waals surface area contributed by atoms with Crippen molar-refractivity contribution in [1.82, 2.24) is 0 Å². The number of unbranched alkanes of at least 4 members (excludes halogenated alkanes) is 6. The zero-order valence-corrected chi connectivity index (χ0v) is 12.0. The van der Waals surface area contributed by atoms with Gasteiger partial charge in [-0.15, -0.1) is 0 Å². The van der Waals surface area contributed by atoms with E-state index in [1.54, 1.807) is 7.11 Å². The van der Waals surface area contributed by atoms with Gasteiger partial charge >= 0.3 is 5.97 Å². The van der Waals surface area contributed by atoms with E-state index in [1.165, 1.54) is 44.9 Å². The first-order valence-electron chi connectivity index (χ1n) is 7.48. The molecule has 1 rings (SSSR count). The summed E-state index contributed by atoms with van der Waals surface area (Å²) in [5, 5.41) is 0. The highest BCUT2D eigenvalue weighted by Crippen LogP contribution is 2.22. The standard InChI is InChI=1S/C15H28O3/c1-3-4-5-6-7-8-9-10-13(17-2)11-14-12-15(16)18-14/h13-14H,3-12H2,1-2H3/t13?,14-/m1/s1. The first-order valence-corrected chi connectivity index (χ1v) is 7.48. The number of ether oxygens (including phenoxy) is 2. The van der Waals surface area contributed by atoms with Gasteiger partial charge in [-0.25, -0.2) is 0 Å². The molecule has 1 aliphatic heterocycles. The van der Waals surface area contributed by atoms with Gasteiger partial charge in [-0.3, -0.25) is 4.79 Å². The van der Waals surface area contributed by atoms with E-state index >= 15 is 0 Å². The van der Waals surface area contributed by atoms with Crippen LogP contribution >= 0.6 is 0 Å². The Bertz CT molecular complexity index is 220. The summed E-state index contributed by atoms with van der Waals surface area (Å²) < 4.78 is 10.5. The molecule has 0 aliphatic carbocycles. The molecule has 1 saturated heterocycles. The Labute approximate surface area is 111 Å². The summed E-state index contributed by atoms with van der Waals surface area (Å²) in [6.45, 7) is 2.25. The Morgan fingerprint density at radius 2 is 1.83 bits per heavy atom. The van der Waals surface area contributed by atoms with Crippen molar-refractivity contribution in [3.05, 3.63) is 0 Å². The second kappa shape index (κ2) is 9.37.